The third-order valence-corrected chi connectivity index (χ3v) is 7.17. The summed E-state index contributed by atoms with van der Waals surface area (Å²) in [5.74, 6) is 1.01. The third-order valence-electron chi connectivity index (χ3n) is 6.19. The Morgan fingerprint density at radius 3 is 2.68 bits per heavy atom. The van der Waals surface area contributed by atoms with Crippen LogP contribution in [0.4, 0.5) is 5.88 Å². The van der Waals surface area contributed by atoms with Crippen molar-refractivity contribution < 1.29 is 13.9 Å². The maximum absolute atomic E-state index is 13.6. The minimum absolute atomic E-state index is 0.206. The molecule has 0 spiro atoms. The van der Waals surface area contributed by atoms with Gasteiger partial charge < -0.3 is 14.1 Å². The van der Waals surface area contributed by atoms with Crippen molar-refractivity contribution in [1.29, 1.82) is 0 Å². The number of thiazole rings is 1. The molecule has 0 saturated carbocycles. The lowest BCUT2D eigenvalue weighted by molar-refractivity contribution is -0.139. The fourth-order valence-electron chi connectivity index (χ4n) is 4.58. The fourth-order valence-corrected chi connectivity index (χ4v) is 5.60. The summed E-state index contributed by atoms with van der Waals surface area (Å²) in [5, 5.41) is 0. The number of fused-ring (bicyclic) bond motifs is 1. The van der Waals surface area contributed by atoms with Gasteiger partial charge in [-0.15, -0.1) is 0 Å². The molecule has 0 bridgehead atoms. The number of allylic oxidation sites excluding steroid dienone is 1. The first-order valence-corrected chi connectivity index (χ1v) is 12.5. The summed E-state index contributed by atoms with van der Waals surface area (Å²) >= 11 is 1.30. The zero-order valence-electron chi connectivity index (χ0n) is 19.3. The number of rotatable bonds is 5. The SMILES string of the molecule is CCOC(=O)C1=C(C)N=c2s/c(=C/c3ccc(N4CCCCC4)o3)c(=O)n2C1c1ccccc1. The number of anilines is 1. The van der Waals surface area contributed by atoms with Gasteiger partial charge >= 0.3 is 5.97 Å². The van der Waals surface area contributed by atoms with Gasteiger partial charge in [-0.3, -0.25) is 9.36 Å². The number of nitrogens with zero attached hydrogens (tertiary/aromatic N) is 3. The molecule has 2 aliphatic rings. The average Bonchev–Trinajstić information content (AvgIpc) is 3.44. The maximum atomic E-state index is 13.6. The van der Waals surface area contributed by atoms with Crippen LogP contribution in [0.5, 0.6) is 0 Å². The molecular weight excluding hydrogens is 450 g/mol. The molecule has 0 aliphatic carbocycles. The number of esters is 1. The molecule has 0 N–H and O–H groups in total. The molecule has 7 nitrogen and oxygen atoms in total. The normalized spacial score (nSPS) is 18.6. The largest absolute Gasteiger partial charge is 0.463 e. The highest BCUT2D eigenvalue weighted by atomic mass is 32.1. The highest BCUT2D eigenvalue weighted by Gasteiger charge is 2.33. The second kappa shape index (κ2) is 9.46. The first-order chi connectivity index (χ1) is 16.6. The highest BCUT2D eigenvalue weighted by molar-refractivity contribution is 7.07. The Balaban J connectivity index is 1.60. The van der Waals surface area contributed by atoms with Crippen LogP contribution in [0.15, 0.2) is 67.9 Å². The van der Waals surface area contributed by atoms with Crippen LogP contribution in [0.2, 0.25) is 0 Å². The lowest BCUT2D eigenvalue weighted by Gasteiger charge is -2.25. The summed E-state index contributed by atoms with van der Waals surface area (Å²) < 4.78 is 13.5. The van der Waals surface area contributed by atoms with E-state index >= 15 is 0 Å². The van der Waals surface area contributed by atoms with Crippen molar-refractivity contribution in [3.05, 3.63) is 84.7 Å². The number of benzene rings is 1. The Labute approximate surface area is 201 Å². The van der Waals surface area contributed by atoms with Crippen LogP contribution in [-0.2, 0) is 9.53 Å². The van der Waals surface area contributed by atoms with Gasteiger partial charge in [-0.05, 0) is 44.7 Å². The summed E-state index contributed by atoms with van der Waals surface area (Å²) in [4.78, 5) is 33.9. The zero-order valence-corrected chi connectivity index (χ0v) is 20.1. The highest BCUT2D eigenvalue weighted by Crippen LogP contribution is 2.30. The van der Waals surface area contributed by atoms with Gasteiger partial charge in [-0.2, -0.15) is 0 Å². The van der Waals surface area contributed by atoms with Crippen LogP contribution in [0.1, 0.15) is 50.5 Å². The lowest BCUT2D eigenvalue weighted by Crippen LogP contribution is -2.39. The van der Waals surface area contributed by atoms with Crippen LogP contribution >= 0.6 is 11.3 Å². The van der Waals surface area contributed by atoms with Crippen molar-refractivity contribution in [2.24, 2.45) is 4.99 Å². The van der Waals surface area contributed by atoms with E-state index in [2.05, 4.69) is 9.89 Å². The van der Waals surface area contributed by atoms with Crippen LogP contribution in [-0.4, -0.2) is 30.2 Å². The fraction of sp³-hybridized carbons (Fsp3) is 0.346. The molecule has 1 saturated heterocycles. The van der Waals surface area contributed by atoms with E-state index in [0.717, 1.165) is 37.4 Å². The van der Waals surface area contributed by atoms with Gasteiger partial charge in [-0.25, -0.2) is 9.79 Å². The van der Waals surface area contributed by atoms with Gasteiger partial charge in [0.2, 0.25) is 0 Å². The smallest absolute Gasteiger partial charge is 0.338 e. The van der Waals surface area contributed by atoms with E-state index in [9.17, 15) is 9.59 Å². The number of piperidine rings is 1. The van der Waals surface area contributed by atoms with Crippen LogP contribution in [0, 0.1) is 0 Å². The molecule has 1 unspecified atom stereocenters. The zero-order chi connectivity index (χ0) is 23.7. The molecular formula is C26H27N3O4S. The van der Waals surface area contributed by atoms with E-state index in [1.54, 1.807) is 24.5 Å². The third kappa shape index (κ3) is 4.14. The minimum atomic E-state index is -0.598. The van der Waals surface area contributed by atoms with Crippen molar-refractivity contribution in [1.82, 2.24) is 4.57 Å². The molecule has 0 amide bonds. The first kappa shape index (κ1) is 22.4. The summed E-state index contributed by atoms with van der Waals surface area (Å²) in [6.07, 6.45) is 5.34. The maximum Gasteiger partial charge on any atom is 0.338 e. The number of aromatic nitrogens is 1. The van der Waals surface area contributed by atoms with Crippen LogP contribution in [0.3, 0.4) is 0 Å². The van der Waals surface area contributed by atoms with Crippen molar-refractivity contribution in [3.63, 3.8) is 0 Å². The number of hydrogen-bond donors (Lipinski definition) is 0. The Morgan fingerprint density at radius 1 is 1.18 bits per heavy atom. The second-order valence-electron chi connectivity index (χ2n) is 8.44. The molecule has 3 aromatic rings. The van der Waals surface area contributed by atoms with E-state index in [1.165, 1.54) is 17.8 Å². The number of hydrogen-bond acceptors (Lipinski definition) is 7. The summed E-state index contributed by atoms with van der Waals surface area (Å²) in [6, 6.07) is 12.8. The second-order valence-corrected chi connectivity index (χ2v) is 9.45. The van der Waals surface area contributed by atoms with E-state index in [0.29, 0.717) is 26.4 Å². The predicted octanol–water partition coefficient (Wildman–Crippen LogP) is 3.38. The van der Waals surface area contributed by atoms with Crippen molar-refractivity contribution in [2.75, 3.05) is 24.6 Å². The van der Waals surface area contributed by atoms with Crippen molar-refractivity contribution >= 4 is 29.3 Å². The predicted molar refractivity (Wildman–Crippen MR) is 132 cm³/mol. The van der Waals surface area contributed by atoms with Crippen LogP contribution < -0.4 is 19.8 Å². The summed E-state index contributed by atoms with van der Waals surface area (Å²) in [7, 11) is 0. The van der Waals surface area contributed by atoms with E-state index in [-0.39, 0.29) is 12.2 Å². The van der Waals surface area contributed by atoms with Gasteiger partial charge in [0.15, 0.2) is 10.7 Å². The van der Waals surface area contributed by atoms with Crippen molar-refractivity contribution in [2.45, 2.75) is 39.2 Å². The summed E-state index contributed by atoms with van der Waals surface area (Å²) in [6.45, 7) is 5.78. The lowest BCUT2D eigenvalue weighted by atomic mass is 9.96. The molecule has 1 aromatic carbocycles. The minimum Gasteiger partial charge on any atom is -0.463 e. The van der Waals surface area contributed by atoms with Gasteiger partial charge in [0.25, 0.3) is 5.56 Å². The molecule has 0 radical (unpaired) electrons. The van der Waals surface area contributed by atoms with Gasteiger partial charge in [-0.1, -0.05) is 41.7 Å². The Bertz CT molecular complexity index is 1410. The first-order valence-electron chi connectivity index (χ1n) is 11.7. The number of ether oxygens (including phenoxy) is 1. The molecule has 176 valence electrons. The van der Waals surface area contributed by atoms with Gasteiger partial charge in [0.05, 0.1) is 28.5 Å². The van der Waals surface area contributed by atoms with E-state index < -0.39 is 12.0 Å². The molecule has 2 aromatic heterocycles. The molecule has 2 aliphatic heterocycles. The van der Waals surface area contributed by atoms with E-state index in [4.69, 9.17) is 9.15 Å². The number of carbonyl (C=O) groups is 1. The topological polar surface area (TPSA) is 77.0 Å². The molecule has 34 heavy (non-hydrogen) atoms. The Morgan fingerprint density at radius 2 is 1.94 bits per heavy atom. The standard InChI is InChI=1S/C26H27N3O4S/c1-3-32-25(31)22-17(2)27-26-29(23(22)18-10-6-4-7-11-18)24(30)20(34-26)16-19-12-13-21(33-19)28-14-8-5-9-15-28/h4,6-7,10-13,16,23H,3,5,8-9,14-15H2,1-2H3/b20-16+. The Hall–Kier alpha value is -3.39. The molecule has 5 rings (SSSR count). The molecule has 8 heteroatoms. The molecule has 1 fully saturated rings. The Kier molecular flexibility index (Phi) is 6.24. The monoisotopic (exact) mass is 477 g/mol. The number of carbonyl (C=O) groups excluding carboxylic acids is 1. The van der Waals surface area contributed by atoms with Crippen LogP contribution in [0.25, 0.3) is 6.08 Å². The van der Waals surface area contributed by atoms with Gasteiger partial charge in [0, 0.05) is 25.2 Å². The summed E-state index contributed by atoms with van der Waals surface area (Å²) in [5.41, 5.74) is 1.57. The van der Waals surface area contributed by atoms with E-state index in [1.807, 2.05) is 42.5 Å². The molecule has 4 heterocycles. The quantitative estimate of drug-likeness (QED) is 0.527. The van der Waals surface area contributed by atoms with Crippen molar-refractivity contribution in [3.8, 4) is 0 Å². The van der Waals surface area contributed by atoms with Gasteiger partial charge in [0.1, 0.15) is 5.76 Å². The average molecular weight is 478 g/mol. The number of furan rings is 1. The molecule has 1 atom stereocenters.